The summed E-state index contributed by atoms with van der Waals surface area (Å²) in [5.41, 5.74) is 8.92. The number of aliphatic hydroxyl groups is 2. The van der Waals surface area contributed by atoms with Crippen LogP contribution in [0.4, 0.5) is 0 Å². The molecular weight excluding hydrogens is 460 g/mol. The third-order valence-electron chi connectivity index (χ3n) is 5.10. The van der Waals surface area contributed by atoms with E-state index in [-0.39, 0.29) is 13.0 Å². The Hall–Kier alpha value is -3.01. The maximum atomic E-state index is 10.9. The van der Waals surface area contributed by atoms with Crippen LogP contribution in [0.1, 0.15) is 37.1 Å². The first-order valence-electron chi connectivity index (χ1n) is 10.9. The Balaban J connectivity index is 1.77. The van der Waals surface area contributed by atoms with Crippen molar-refractivity contribution in [2.45, 2.75) is 52.7 Å². The smallest absolute Gasteiger partial charge is 0.258 e. The van der Waals surface area contributed by atoms with Gasteiger partial charge in [0.2, 0.25) is 11.7 Å². The summed E-state index contributed by atoms with van der Waals surface area (Å²) in [4.78, 5) is 19.8. The highest BCUT2D eigenvalue weighted by Gasteiger charge is 2.19. The molecule has 0 saturated carbocycles. The molecule has 2 aromatic heterocycles. The SMILES string of the molecule is Cc1cc(-c2noc(-c3cc(Cl)nc(CC(C)C)c3)n2)cc(C)c1OCC(O)CC(O)C(N)=O. The van der Waals surface area contributed by atoms with Gasteiger partial charge in [-0.1, -0.05) is 30.6 Å². The van der Waals surface area contributed by atoms with E-state index in [1.54, 1.807) is 6.07 Å². The molecule has 0 spiro atoms. The predicted molar refractivity (Wildman–Crippen MR) is 127 cm³/mol. The summed E-state index contributed by atoms with van der Waals surface area (Å²) in [5, 5.41) is 24.0. The minimum Gasteiger partial charge on any atom is -0.490 e. The standard InChI is InChI=1S/C24H29ClN4O5/c1-12(2)5-17-8-16(9-20(25)27-17)24-28-23(29-34-24)15-6-13(3)21(14(4)7-15)33-11-18(30)10-19(31)22(26)32/h6-9,12,18-19,30-31H,5,10-11H2,1-4H3,(H2,26,32). The van der Waals surface area contributed by atoms with Gasteiger partial charge in [-0.05, 0) is 61.6 Å². The highest BCUT2D eigenvalue weighted by atomic mass is 35.5. The summed E-state index contributed by atoms with van der Waals surface area (Å²) in [6.45, 7) is 7.84. The second-order valence-corrected chi connectivity index (χ2v) is 9.14. The summed E-state index contributed by atoms with van der Waals surface area (Å²) in [5.74, 6) is 0.879. The predicted octanol–water partition coefficient (Wildman–Crippen LogP) is 3.24. The van der Waals surface area contributed by atoms with E-state index in [9.17, 15) is 15.0 Å². The molecule has 34 heavy (non-hydrogen) atoms. The van der Waals surface area contributed by atoms with Gasteiger partial charge < -0.3 is 25.2 Å². The molecule has 0 radical (unpaired) electrons. The van der Waals surface area contributed by atoms with Crippen molar-refractivity contribution in [1.29, 1.82) is 0 Å². The Labute approximate surface area is 202 Å². The number of amides is 1. The molecule has 2 unspecified atom stereocenters. The number of carbonyl (C=O) groups is 1. The number of benzene rings is 1. The Bertz CT molecular complexity index is 1140. The Morgan fingerprint density at radius 1 is 1.12 bits per heavy atom. The molecule has 2 heterocycles. The molecule has 0 aliphatic rings. The number of carbonyl (C=O) groups excluding carboxylic acids is 1. The fourth-order valence-electron chi connectivity index (χ4n) is 3.58. The van der Waals surface area contributed by atoms with Gasteiger partial charge in [-0.15, -0.1) is 0 Å². The van der Waals surface area contributed by atoms with Crippen LogP contribution in [0.15, 0.2) is 28.8 Å². The minimum atomic E-state index is -1.42. The summed E-state index contributed by atoms with van der Waals surface area (Å²) in [6.07, 6.45) is -1.89. The van der Waals surface area contributed by atoms with Crippen LogP contribution in [0.2, 0.25) is 5.15 Å². The number of pyridine rings is 1. The molecule has 0 aliphatic carbocycles. The molecule has 3 rings (SSSR count). The van der Waals surface area contributed by atoms with Crippen LogP contribution in [0.5, 0.6) is 5.75 Å². The Kier molecular flexibility index (Phi) is 8.24. The number of nitrogens with two attached hydrogens (primary N) is 1. The van der Waals surface area contributed by atoms with Crippen LogP contribution in [-0.4, -0.2) is 50.1 Å². The number of ether oxygens (including phenoxy) is 1. The molecule has 10 heteroatoms. The first kappa shape index (κ1) is 25.6. The average molecular weight is 489 g/mol. The second-order valence-electron chi connectivity index (χ2n) is 8.75. The van der Waals surface area contributed by atoms with Gasteiger partial charge in [0.05, 0.1) is 6.10 Å². The summed E-state index contributed by atoms with van der Waals surface area (Å²) in [6, 6.07) is 7.30. The van der Waals surface area contributed by atoms with E-state index in [1.165, 1.54) is 0 Å². The number of nitrogens with zero attached hydrogens (tertiary/aromatic N) is 3. The van der Waals surface area contributed by atoms with Crippen LogP contribution in [-0.2, 0) is 11.2 Å². The van der Waals surface area contributed by atoms with Crippen molar-refractivity contribution in [3.8, 4) is 28.6 Å². The largest absolute Gasteiger partial charge is 0.490 e. The fourth-order valence-corrected chi connectivity index (χ4v) is 3.81. The number of hydrogen-bond donors (Lipinski definition) is 3. The number of halogens is 1. The second kappa shape index (κ2) is 10.9. The molecule has 0 aliphatic heterocycles. The van der Waals surface area contributed by atoms with Crippen LogP contribution in [0.3, 0.4) is 0 Å². The van der Waals surface area contributed by atoms with Gasteiger partial charge in [-0.2, -0.15) is 4.98 Å². The van der Waals surface area contributed by atoms with Crippen LogP contribution in [0, 0.1) is 19.8 Å². The first-order chi connectivity index (χ1) is 16.0. The molecule has 0 saturated heterocycles. The highest BCUT2D eigenvalue weighted by Crippen LogP contribution is 2.31. The molecule has 1 aromatic carbocycles. The maximum absolute atomic E-state index is 10.9. The van der Waals surface area contributed by atoms with Crippen molar-refractivity contribution < 1.29 is 24.3 Å². The zero-order valence-corrected chi connectivity index (χ0v) is 20.3. The van der Waals surface area contributed by atoms with Gasteiger partial charge in [-0.3, -0.25) is 4.79 Å². The van der Waals surface area contributed by atoms with E-state index >= 15 is 0 Å². The van der Waals surface area contributed by atoms with Crippen LogP contribution in [0.25, 0.3) is 22.8 Å². The van der Waals surface area contributed by atoms with Gasteiger partial charge in [-0.25, -0.2) is 4.98 Å². The van der Waals surface area contributed by atoms with Crippen molar-refractivity contribution in [3.05, 3.63) is 46.2 Å². The van der Waals surface area contributed by atoms with Gasteiger partial charge in [0, 0.05) is 23.2 Å². The molecule has 182 valence electrons. The molecule has 2 atom stereocenters. The number of hydrogen-bond acceptors (Lipinski definition) is 8. The van der Waals surface area contributed by atoms with Crippen molar-refractivity contribution >= 4 is 17.5 Å². The van der Waals surface area contributed by atoms with Gasteiger partial charge in [0.15, 0.2) is 0 Å². The molecule has 0 fully saturated rings. The lowest BCUT2D eigenvalue weighted by Gasteiger charge is -2.17. The zero-order chi connectivity index (χ0) is 25.0. The van der Waals surface area contributed by atoms with Crippen LogP contribution >= 0.6 is 11.6 Å². The lowest BCUT2D eigenvalue weighted by atomic mass is 10.0. The van der Waals surface area contributed by atoms with E-state index in [0.717, 1.165) is 28.8 Å². The Morgan fingerprint density at radius 2 is 1.79 bits per heavy atom. The number of primary amides is 1. The molecule has 4 N–H and O–H groups in total. The van der Waals surface area contributed by atoms with E-state index in [0.29, 0.717) is 34.1 Å². The number of aromatic nitrogens is 3. The van der Waals surface area contributed by atoms with E-state index in [2.05, 4.69) is 29.0 Å². The Morgan fingerprint density at radius 3 is 2.41 bits per heavy atom. The monoisotopic (exact) mass is 488 g/mol. The van der Waals surface area contributed by atoms with Gasteiger partial charge in [0.25, 0.3) is 5.89 Å². The molecule has 3 aromatic rings. The van der Waals surface area contributed by atoms with E-state index in [4.69, 9.17) is 26.6 Å². The van der Waals surface area contributed by atoms with Crippen molar-refractivity contribution in [2.24, 2.45) is 11.7 Å². The van der Waals surface area contributed by atoms with E-state index < -0.39 is 18.1 Å². The molecular formula is C24H29ClN4O5. The van der Waals surface area contributed by atoms with Gasteiger partial charge >= 0.3 is 0 Å². The molecule has 1 amide bonds. The van der Waals surface area contributed by atoms with Gasteiger partial charge in [0.1, 0.15) is 23.6 Å². The lowest BCUT2D eigenvalue weighted by Crippen LogP contribution is -2.33. The van der Waals surface area contributed by atoms with Crippen molar-refractivity contribution in [2.75, 3.05) is 6.61 Å². The maximum Gasteiger partial charge on any atom is 0.258 e. The zero-order valence-electron chi connectivity index (χ0n) is 19.6. The average Bonchev–Trinajstić information content (AvgIpc) is 3.22. The highest BCUT2D eigenvalue weighted by molar-refractivity contribution is 6.29. The van der Waals surface area contributed by atoms with Crippen LogP contribution < -0.4 is 10.5 Å². The van der Waals surface area contributed by atoms with Crippen molar-refractivity contribution in [3.63, 3.8) is 0 Å². The topological polar surface area (TPSA) is 145 Å². The molecule has 0 bridgehead atoms. The number of aliphatic hydroxyl groups excluding tert-OH is 2. The molecule has 9 nitrogen and oxygen atoms in total. The fraction of sp³-hybridized carbons (Fsp3) is 0.417. The number of aryl methyl sites for hydroxylation is 2. The minimum absolute atomic E-state index is 0.0980. The lowest BCUT2D eigenvalue weighted by molar-refractivity contribution is -0.127. The summed E-state index contributed by atoms with van der Waals surface area (Å²) in [7, 11) is 0. The summed E-state index contributed by atoms with van der Waals surface area (Å²) < 4.78 is 11.2. The first-order valence-corrected chi connectivity index (χ1v) is 11.3. The summed E-state index contributed by atoms with van der Waals surface area (Å²) >= 11 is 6.19. The van der Waals surface area contributed by atoms with Crippen molar-refractivity contribution in [1.82, 2.24) is 15.1 Å². The third-order valence-corrected chi connectivity index (χ3v) is 5.29. The normalized spacial score (nSPS) is 13.2. The number of rotatable bonds is 10. The quantitative estimate of drug-likeness (QED) is 0.369. The third kappa shape index (κ3) is 6.53. The van der Waals surface area contributed by atoms with E-state index in [1.807, 2.05) is 32.0 Å².